The summed E-state index contributed by atoms with van der Waals surface area (Å²) in [5.74, 6) is -1.05. The molecule has 1 N–H and O–H groups in total. The van der Waals surface area contributed by atoms with Gasteiger partial charge in [0.15, 0.2) is 5.79 Å². The molecule has 1 aromatic rings. The molecule has 3 fully saturated rings. The van der Waals surface area contributed by atoms with Crippen molar-refractivity contribution in [2.45, 2.75) is 51.6 Å². The molecule has 0 aromatic heterocycles. The molecule has 0 amide bonds. The maximum absolute atomic E-state index is 12.7. The third-order valence-electron chi connectivity index (χ3n) is 6.09. The van der Waals surface area contributed by atoms with Gasteiger partial charge in [-0.2, -0.15) is 0 Å². The van der Waals surface area contributed by atoms with Gasteiger partial charge in [-0.05, 0) is 23.8 Å². The molecule has 5 nitrogen and oxygen atoms in total. The number of fused-ring (bicyclic) bond motifs is 1. The first kappa shape index (κ1) is 18.0. The van der Waals surface area contributed by atoms with Crippen molar-refractivity contribution in [3.8, 4) is 0 Å². The van der Waals surface area contributed by atoms with Gasteiger partial charge in [0, 0.05) is 18.3 Å². The Labute approximate surface area is 154 Å². The normalized spacial score (nSPS) is 34.6. The van der Waals surface area contributed by atoms with E-state index in [4.69, 9.17) is 14.2 Å². The van der Waals surface area contributed by atoms with E-state index in [2.05, 4.69) is 13.8 Å². The fourth-order valence-corrected chi connectivity index (χ4v) is 4.71. The lowest BCUT2D eigenvalue weighted by Crippen LogP contribution is -2.47. The number of ether oxygens (including phenoxy) is 3. The SMILES string of the molecule is CC1(C)COC2(C[C@@H]3C[C@@H](O)[C@H](C(=O)OCc4ccccc4)[C@@H]3C2)OC1. The lowest BCUT2D eigenvalue weighted by molar-refractivity contribution is -0.298. The largest absolute Gasteiger partial charge is 0.461 e. The van der Waals surface area contributed by atoms with Crippen LogP contribution in [0.15, 0.2) is 30.3 Å². The highest BCUT2D eigenvalue weighted by Gasteiger charge is 2.59. The third-order valence-corrected chi connectivity index (χ3v) is 6.09. The van der Waals surface area contributed by atoms with Crippen LogP contribution >= 0.6 is 0 Å². The van der Waals surface area contributed by atoms with Crippen molar-refractivity contribution in [1.29, 1.82) is 0 Å². The monoisotopic (exact) mass is 360 g/mol. The molecule has 26 heavy (non-hydrogen) atoms. The van der Waals surface area contributed by atoms with E-state index < -0.39 is 17.8 Å². The van der Waals surface area contributed by atoms with E-state index in [0.717, 1.165) is 12.0 Å². The van der Waals surface area contributed by atoms with Crippen LogP contribution in [0.1, 0.15) is 38.7 Å². The average Bonchev–Trinajstić information content (AvgIpc) is 3.10. The van der Waals surface area contributed by atoms with E-state index in [1.165, 1.54) is 0 Å². The molecule has 0 unspecified atom stereocenters. The molecule has 3 aliphatic rings. The number of hydrogen-bond donors (Lipinski definition) is 1. The molecule has 0 bridgehead atoms. The summed E-state index contributed by atoms with van der Waals surface area (Å²) >= 11 is 0. The Hall–Kier alpha value is -1.43. The van der Waals surface area contributed by atoms with Crippen molar-refractivity contribution in [3.05, 3.63) is 35.9 Å². The minimum Gasteiger partial charge on any atom is -0.461 e. The molecule has 0 radical (unpaired) electrons. The van der Waals surface area contributed by atoms with Crippen LogP contribution in [0.3, 0.4) is 0 Å². The first-order chi connectivity index (χ1) is 12.4. The van der Waals surface area contributed by atoms with Crippen LogP contribution in [-0.4, -0.2) is 36.2 Å². The minimum atomic E-state index is -0.634. The van der Waals surface area contributed by atoms with Gasteiger partial charge in [0.05, 0.1) is 25.2 Å². The Morgan fingerprint density at radius 2 is 1.88 bits per heavy atom. The highest BCUT2D eigenvalue weighted by molar-refractivity contribution is 5.74. The summed E-state index contributed by atoms with van der Waals surface area (Å²) in [6.45, 7) is 5.83. The number of rotatable bonds is 3. The van der Waals surface area contributed by atoms with Crippen molar-refractivity contribution in [3.63, 3.8) is 0 Å². The zero-order chi connectivity index (χ0) is 18.4. The summed E-state index contributed by atoms with van der Waals surface area (Å²) in [5, 5.41) is 10.4. The molecule has 4 rings (SSSR count). The molecule has 2 saturated carbocycles. The number of aliphatic hydroxyl groups excluding tert-OH is 1. The molecular weight excluding hydrogens is 332 g/mol. The van der Waals surface area contributed by atoms with Gasteiger partial charge >= 0.3 is 5.97 Å². The summed E-state index contributed by atoms with van der Waals surface area (Å²) in [6.07, 6.45) is 1.40. The summed E-state index contributed by atoms with van der Waals surface area (Å²) in [4.78, 5) is 12.7. The highest BCUT2D eigenvalue weighted by Crippen LogP contribution is 2.55. The maximum Gasteiger partial charge on any atom is 0.312 e. The molecule has 142 valence electrons. The van der Waals surface area contributed by atoms with Crippen molar-refractivity contribution in [2.75, 3.05) is 13.2 Å². The van der Waals surface area contributed by atoms with Crippen molar-refractivity contribution < 1.29 is 24.1 Å². The van der Waals surface area contributed by atoms with Gasteiger partial charge in [0.2, 0.25) is 0 Å². The minimum absolute atomic E-state index is 0.0243. The first-order valence-corrected chi connectivity index (χ1v) is 9.54. The third kappa shape index (κ3) is 3.40. The Morgan fingerprint density at radius 1 is 1.19 bits per heavy atom. The molecule has 2 aliphatic carbocycles. The number of carbonyl (C=O) groups excluding carboxylic acids is 1. The fraction of sp³-hybridized carbons (Fsp3) is 0.667. The summed E-state index contributed by atoms with van der Waals surface area (Å²) in [5.41, 5.74) is 0.977. The Morgan fingerprint density at radius 3 is 2.58 bits per heavy atom. The number of hydrogen-bond acceptors (Lipinski definition) is 5. The predicted molar refractivity (Wildman–Crippen MR) is 95.0 cm³/mol. The van der Waals surface area contributed by atoms with E-state index in [-0.39, 0.29) is 29.8 Å². The molecular formula is C21H28O5. The number of benzene rings is 1. The Kier molecular flexibility index (Phi) is 4.58. The Balaban J connectivity index is 1.40. The second kappa shape index (κ2) is 6.63. The standard InChI is InChI=1S/C21H28O5/c1-20(2)12-25-21(26-13-20)9-15-8-17(22)18(16(15)10-21)19(23)24-11-14-6-4-3-5-7-14/h3-7,15-18,22H,8-13H2,1-2H3/t15-,16+,17+,18+/m0/s1. The lowest BCUT2D eigenvalue weighted by Gasteiger charge is -2.42. The van der Waals surface area contributed by atoms with Crippen LogP contribution in [0.4, 0.5) is 0 Å². The van der Waals surface area contributed by atoms with Crippen LogP contribution in [0.25, 0.3) is 0 Å². The fourth-order valence-electron chi connectivity index (χ4n) is 4.71. The maximum atomic E-state index is 12.7. The number of esters is 1. The zero-order valence-corrected chi connectivity index (χ0v) is 15.5. The van der Waals surface area contributed by atoms with Gasteiger partial charge in [-0.3, -0.25) is 4.79 Å². The summed E-state index contributed by atoms with van der Waals surface area (Å²) in [7, 11) is 0. The smallest absolute Gasteiger partial charge is 0.312 e. The van der Waals surface area contributed by atoms with Crippen molar-refractivity contribution >= 4 is 5.97 Å². The van der Waals surface area contributed by atoms with Crippen LogP contribution in [-0.2, 0) is 25.6 Å². The van der Waals surface area contributed by atoms with Crippen molar-refractivity contribution in [2.24, 2.45) is 23.2 Å². The lowest BCUT2D eigenvalue weighted by atomic mass is 9.90. The first-order valence-electron chi connectivity index (χ1n) is 9.54. The molecule has 1 spiro atoms. The predicted octanol–water partition coefficient (Wildman–Crippen LogP) is 2.91. The van der Waals surface area contributed by atoms with Gasteiger partial charge < -0.3 is 19.3 Å². The van der Waals surface area contributed by atoms with E-state index in [0.29, 0.717) is 26.1 Å². The summed E-state index contributed by atoms with van der Waals surface area (Å²) in [6, 6.07) is 9.63. The molecule has 1 aromatic carbocycles. The number of carbonyl (C=O) groups is 1. The quantitative estimate of drug-likeness (QED) is 0.840. The van der Waals surface area contributed by atoms with Gasteiger partial charge in [-0.1, -0.05) is 44.2 Å². The Bertz CT molecular complexity index is 646. The van der Waals surface area contributed by atoms with Crippen LogP contribution < -0.4 is 0 Å². The second-order valence-corrected chi connectivity index (χ2v) is 8.91. The molecule has 1 saturated heterocycles. The van der Waals surface area contributed by atoms with Crippen LogP contribution in [0.5, 0.6) is 0 Å². The van der Waals surface area contributed by atoms with Gasteiger partial charge in [0.1, 0.15) is 6.61 Å². The summed E-state index contributed by atoms with van der Waals surface area (Å²) < 4.78 is 17.7. The number of aliphatic hydroxyl groups is 1. The van der Waals surface area contributed by atoms with E-state index >= 15 is 0 Å². The highest BCUT2D eigenvalue weighted by atomic mass is 16.7. The topological polar surface area (TPSA) is 65.0 Å². The van der Waals surface area contributed by atoms with Gasteiger partial charge in [-0.15, -0.1) is 0 Å². The molecule has 5 heteroatoms. The average molecular weight is 360 g/mol. The second-order valence-electron chi connectivity index (χ2n) is 8.91. The molecule has 1 aliphatic heterocycles. The van der Waals surface area contributed by atoms with Crippen LogP contribution in [0.2, 0.25) is 0 Å². The van der Waals surface area contributed by atoms with Crippen molar-refractivity contribution in [1.82, 2.24) is 0 Å². The van der Waals surface area contributed by atoms with E-state index in [1.54, 1.807) is 0 Å². The van der Waals surface area contributed by atoms with Gasteiger partial charge in [0.25, 0.3) is 0 Å². The van der Waals surface area contributed by atoms with E-state index in [1.807, 2.05) is 30.3 Å². The molecule has 1 heterocycles. The van der Waals surface area contributed by atoms with Crippen LogP contribution in [0, 0.1) is 23.2 Å². The zero-order valence-electron chi connectivity index (χ0n) is 15.5. The molecule has 4 atom stereocenters. The van der Waals surface area contributed by atoms with Gasteiger partial charge in [-0.25, -0.2) is 0 Å². The van der Waals surface area contributed by atoms with E-state index in [9.17, 15) is 9.90 Å².